The van der Waals surface area contributed by atoms with Crippen LogP contribution in [0.4, 0.5) is 0 Å². The molecule has 0 amide bonds. The van der Waals surface area contributed by atoms with Crippen molar-refractivity contribution >= 4 is 75.1 Å². The predicted molar refractivity (Wildman–Crippen MR) is 195 cm³/mol. The van der Waals surface area contributed by atoms with Crippen LogP contribution in [0.2, 0.25) is 0 Å². The number of aromatic nitrogens is 2. The molecule has 1 aliphatic rings. The molecule has 0 spiro atoms. The van der Waals surface area contributed by atoms with Gasteiger partial charge in [-0.05, 0) is 72.8 Å². The largest absolute Gasteiger partial charge is 0.449 e. The molecular formula is C42H24N2O2S. The zero-order valence-electron chi connectivity index (χ0n) is 25.0. The quantitative estimate of drug-likeness (QED) is 0.192. The van der Waals surface area contributed by atoms with E-state index in [-0.39, 0.29) is 0 Å². The van der Waals surface area contributed by atoms with Crippen LogP contribution in [0.5, 0.6) is 23.0 Å². The van der Waals surface area contributed by atoms with Crippen molar-refractivity contribution < 1.29 is 9.47 Å². The fourth-order valence-corrected chi connectivity index (χ4v) is 8.59. The molecule has 0 radical (unpaired) electrons. The van der Waals surface area contributed by atoms with Crippen molar-refractivity contribution in [3.05, 3.63) is 146 Å². The van der Waals surface area contributed by atoms with Crippen molar-refractivity contribution in [2.75, 3.05) is 0 Å². The van der Waals surface area contributed by atoms with E-state index >= 15 is 0 Å². The third-order valence-electron chi connectivity index (χ3n) is 9.56. The highest BCUT2D eigenvalue weighted by Gasteiger charge is 2.23. The zero-order chi connectivity index (χ0) is 30.6. The molecule has 1 aliphatic heterocycles. The summed E-state index contributed by atoms with van der Waals surface area (Å²) in [6.07, 6.45) is 0. The van der Waals surface area contributed by atoms with Gasteiger partial charge in [-0.2, -0.15) is 0 Å². The molecule has 0 atom stereocenters. The summed E-state index contributed by atoms with van der Waals surface area (Å²) in [5.41, 5.74) is 6.86. The van der Waals surface area contributed by atoms with Gasteiger partial charge in [-0.15, -0.1) is 11.3 Å². The maximum atomic E-state index is 6.36. The summed E-state index contributed by atoms with van der Waals surface area (Å²) in [5.74, 6) is 2.91. The molecule has 0 N–H and O–H groups in total. The highest BCUT2D eigenvalue weighted by Crippen LogP contribution is 2.48. The van der Waals surface area contributed by atoms with E-state index in [2.05, 4.69) is 130 Å². The van der Waals surface area contributed by atoms with E-state index in [1.807, 2.05) is 35.6 Å². The Bertz CT molecular complexity index is 2930. The molecule has 7 aromatic carbocycles. The minimum atomic E-state index is 0.717. The Morgan fingerprint density at radius 3 is 1.60 bits per heavy atom. The Labute approximate surface area is 272 Å². The monoisotopic (exact) mass is 620 g/mol. The standard InChI is InChI=1S/C42H24N2O2S/c1-4-12-33-27(9-1)30-21-25(17-19-35(30)43(33)26-18-20-42-32(22-26)29-11-3-8-16-41(29)47-42)44-34-13-5-2-10-28(34)31-23-39-40(24-36(31)44)46-38-15-7-6-14-37(38)45-39/h1-24H. The highest BCUT2D eigenvalue weighted by molar-refractivity contribution is 7.25. The number of nitrogens with zero attached hydrogens (tertiary/aromatic N) is 2. The summed E-state index contributed by atoms with van der Waals surface area (Å²) < 4.78 is 20.1. The zero-order valence-corrected chi connectivity index (χ0v) is 25.8. The molecule has 11 rings (SSSR count). The lowest BCUT2D eigenvalue weighted by Gasteiger charge is -2.20. The van der Waals surface area contributed by atoms with Crippen LogP contribution in [-0.2, 0) is 0 Å². The van der Waals surface area contributed by atoms with Gasteiger partial charge in [0.25, 0.3) is 0 Å². The fraction of sp³-hybridized carbons (Fsp3) is 0. The van der Waals surface area contributed by atoms with Crippen LogP contribution in [0.1, 0.15) is 0 Å². The van der Waals surface area contributed by atoms with Crippen LogP contribution in [0, 0.1) is 0 Å². The number of rotatable bonds is 2. The molecule has 220 valence electrons. The van der Waals surface area contributed by atoms with Crippen LogP contribution in [0.3, 0.4) is 0 Å². The number of hydrogen-bond acceptors (Lipinski definition) is 3. The first-order valence-electron chi connectivity index (χ1n) is 15.8. The van der Waals surface area contributed by atoms with E-state index in [1.165, 1.54) is 53.1 Å². The molecule has 10 aromatic rings. The van der Waals surface area contributed by atoms with Gasteiger partial charge in [-0.25, -0.2) is 0 Å². The molecule has 4 nitrogen and oxygen atoms in total. The Hall–Kier alpha value is -6.04. The third kappa shape index (κ3) is 3.52. The van der Waals surface area contributed by atoms with E-state index in [0.717, 1.165) is 39.4 Å². The average molecular weight is 621 g/mol. The Kier molecular flexibility index (Phi) is 4.96. The first-order chi connectivity index (χ1) is 23.3. The average Bonchev–Trinajstić information content (AvgIpc) is 3.76. The van der Waals surface area contributed by atoms with Gasteiger partial charge in [0.15, 0.2) is 23.0 Å². The van der Waals surface area contributed by atoms with Crippen molar-refractivity contribution in [3.63, 3.8) is 0 Å². The lowest BCUT2D eigenvalue weighted by atomic mass is 10.1. The summed E-state index contributed by atoms with van der Waals surface area (Å²) in [5, 5.41) is 7.35. The molecule has 5 heteroatoms. The van der Waals surface area contributed by atoms with Crippen molar-refractivity contribution in [3.8, 4) is 34.4 Å². The van der Waals surface area contributed by atoms with E-state index in [4.69, 9.17) is 9.47 Å². The number of benzene rings is 7. The lowest BCUT2D eigenvalue weighted by molar-refractivity contribution is 0.360. The van der Waals surface area contributed by atoms with Gasteiger partial charge in [-0.1, -0.05) is 66.7 Å². The van der Waals surface area contributed by atoms with Crippen molar-refractivity contribution in [1.29, 1.82) is 0 Å². The SMILES string of the molecule is c1ccc2c(c1)Oc1cc3c4ccccc4n(-c4ccc5c(c4)c4ccccc4n5-c4ccc5sc6ccccc6c5c4)c3cc1O2. The molecule has 0 unspecified atom stereocenters. The fourth-order valence-electron chi connectivity index (χ4n) is 7.50. The minimum Gasteiger partial charge on any atom is -0.449 e. The van der Waals surface area contributed by atoms with Gasteiger partial charge in [0.05, 0.1) is 22.1 Å². The second kappa shape index (κ2) is 9.25. The van der Waals surface area contributed by atoms with Crippen LogP contribution in [0.25, 0.3) is 75.2 Å². The number of fused-ring (bicyclic) bond motifs is 11. The molecule has 47 heavy (non-hydrogen) atoms. The van der Waals surface area contributed by atoms with Crippen molar-refractivity contribution in [2.45, 2.75) is 0 Å². The molecule has 4 heterocycles. The van der Waals surface area contributed by atoms with Crippen LogP contribution in [-0.4, -0.2) is 9.13 Å². The van der Waals surface area contributed by atoms with Gasteiger partial charge in [0, 0.05) is 59.2 Å². The van der Waals surface area contributed by atoms with Crippen molar-refractivity contribution in [2.24, 2.45) is 0 Å². The predicted octanol–water partition coefficient (Wildman–Crippen LogP) is 12.1. The first kappa shape index (κ1) is 25.2. The Morgan fingerprint density at radius 2 is 0.851 bits per heavy atom. The number of ether oxygens (including phenoxy) is 2. The molecule has 3 aromatic heterocycles. The van der Waals surface area contributed by atoms with Gasteiger partial charge in [0.1, 0.15) is 0 Å². The molecular weight excluding hydrogens is 597 g/mol. The van der Waals surface area contributed by atoms with E-state index in [9.17, 15) is 0 Å². The van der Waals surface area contributed by atoms with Gasteiger partial charge in [0.2, 0.25) is 0 Å². The summed E-state index contributed by atoms with van der Waals surface area (Å²) in [4.78, 5) is 0. The lowest BCUT2D eigenvalue weighted by Crippen LogP contribution is -1.99. The molecule has 0 bridgehead atoms. The van der Waals surface area contributed by atoms with Crippen LogP contribution in [0.15, 0.2) is 146 Å². The number of thiophene rings is 1. The molecule has 0 saturated heterocycles. The van der Waals surface area contributed by atoms with Gasteiger partial charge in [-0.3, -0.25) is 0 Å². The number of hydrogen-bond donors (Lipinski definition) is 0. The Morgan fingerprint density at radius 1 is 0.340 bits per heavy atom. The van der Waals surface area contributed by atoms with Crippen LogP contribution >= 0.6 is 11.3 Å². The summed E-state index contributed by atoms with van der Waals surface area (Å²) in [6.45, 7) is 0. The summed E-state index contributed by atoms with van der Waals surface area (Å²) >= 11 is 1.85. The van der Waals surface area contributed by atoms with E-state index < -0.39 is 0 Å². The molecule has 0 aliphatic carbocycles. The second-order valence-electron chi connectivity index (χ2n) is 12.2. The van der Waals surface area contributed by atoms with Gasteiger partial charge < -0.3 is 18.6 Å². The van der Waals surface area contributed by atoms with E-state index in [0.29, 0.717) is 5.75 Å². The minimum absolute atomic E-state index is 0.717. The summed E-state index contributed by atoms with van der Waals surface area (Å²) in [6, 6.07) is 51.8. The third-order valence-corrected chi connectivity index (χ3v) is 10.7. The number of para-hydroxylation sites is 4. The van der Waals surface area contributed by atoms with Gasteiger partial charge >= 0.3 is 0 Å². The maximum Gasteiger partial charge on any atom is 0.172 e. The first-order valence-corrected chi connectivity index (χ1v) is 16.6. The normalized spacial score (nSPS) is 12.6. The molecule has 0 fully saturated rings. The van der Waals surface area contributed by atoms with Crippen LogP contribution < -0.4 is 9.47 Å². The maximum absolute atomic E-state index is 6.36. The second-order valence-corrected chi connectivity index (χ2v) is 13.2. The van der Waals surface area contributed by atoms with Crippen molar-refractivity contribution in [1.82, 2.24) is 9.13 Å². The molecule has 0 saturated carbocycles. The highest BCUT2D eigenvalue weighted by atomic mass is 32.1. The summed E-state index contributed by atoms with van der Waals surface area (Å²) in [7, 11) is 0. The van der Waals surface area contributed by atoms with E-state index in [1.54, 1.807) is 0 Å². The topological polar surface area (TPSA) is 28.3 Å². The smallest absolute Gasteiger partial charge is 0.172 e. The Balaban J connectivity index is 1.15.